The molecule has 2 N–H and O–H groups in total. The Balaban J connectivity index is 1.95. The smallest absolute Gasteiger partial charge is 0.137 e. The summed E-state index contributed by atoms with van der Waals surface area (Å²) in [5.41, 5.74) is 6.69. The third kappa shape index (κ3) is 3.27. The number of hydrogen-bond donors (Lipinski definition) is 1. The van der Waals surface area contributed by atoms with Crippen LogP contribution in [0.3, 0.4) is 0 Å². The highest BCUT2D eigenvalue weighted by atomic mass is 79.9. The van der Waals surface area contributed by atoms with E-state index < -0.39 is 0 Å². The number of rotatable bonds is 3. The highest BCUT2D eigenvalue weighted by molar-refractivity contribution is 9.10. The van der Waals surface area contributed by atoms with E-state index in [1.54, 1.807) is 6.07 Å². The van der Waals surface area contributed by atoms with Crippen molar-refractivity contribution in [2.45, 2.75) is 19.4 Å². The molecule has 1 aliphatic heterocycles. The van der Waals surface area contributed by atoms with Crippen LogP contribution in [0.4, 0.5) is 4.39 Å². The van der Waals surface area contributed by atoms with E-state index in [-0.39, 0.29) is 5.82 Å². The van der Waals surface area contributed by atoms with Crippen molar-refractivity contribution < 1.29 is 4.39 Å². The van der Waals surface area contributed by atoms with Crippen LogP contribution < -0.4 is 5.73 Å². The van der Waals surface area contributed by atoms with E-state index in [1.807, 2.05) is 6.07 Å². The normalized spacial score (nSPS) is 18.5. The second-order valence-corrected chi connectivity index (χ2v) is 5.46. The summed E-state index contributed by atoms with van der Waals surface area (Å²) in [6.45, 7) is 3.72. The lowest BCUT2D eigenvalue weighted by Gasteiger charge is -2.31. The van der Waals surface area contributed by atoms with Crippen molar-refractivity contribution in [1.82, 2.24) is 4.90 Å². The molecule has 1 aromatic carbocycles. The van der Waals surface area contributed by atoms with Crippen LogP contribution in [0.2, 0.25) is 0 Å². The van der Waals surface area contributed by atoms with Gasteiger partial charge in [-0.1, -0.05) is 12.1 Å². The summed E-state index contributed by atoms with van der Waals surface area (Å²) in [6.07, 6.45) is 2.31. The van der Waals surface area contributed by atoms with Crippen LogP contribution in [0.1, 0.15) is 18.4 Å². The van der Waals surface area contributed by atoms with Gasteiger partial charge in [0.2, 0.25) is 0 Å². The molecule has 0 bridgehead atoms. The Hall–Kier alpha value is -0.450. The molecular weight excluding hydrogens is 283 g/mol. The molecule has 0 atom stereocenters. The van der Waals surface area contributed by atoms with Gasteiger partial charge in [0.05, 0.1) is 4.47 Å². The summed E-state index contributed by atoms with van der Waals surface area (Å²) in [6, 6.07) is 5.22. The summed E-state index contributed by atoms with van der Waals surface area (Å²) >= 11 is 3.31. The molecule has 0 spiro atoms. The van der Waals surface area contributed by atoms with E-state index in [1.165, 1.54) is 6.07 Å². The second kappa shape index (κ2) is 5.94. The third-order valence-electron chi connectivity index (χ3n) is 3.47. The van der Waals surface area contributed by atoms with E-state index >= 15 is 0 Å². The zero-order valence-electron chi connectivity index (χ0n) is 9.83. The van der Waals surface area contributed by atoms with Crippen molar-refractivity contribution >= 4 is 15.9 Å². The molecule has 0 saturated carbocycles. The fourth-order valence-electron chi connectivity index (χ4n) is 2.29. The molecule has 1 aliphatic rings. The molecule has 0 aromatic heterocycles. The van der Waals surface area contributed by atoms with Gasteiger partial charge in [-0.25, -0.2) is 4.39 Å². The fraction of sp³-hybridized carbons (Fsp3) is 0.538. The predicted octanol–water partition coefficient (Wildman–Crippen LogP) is 2.76. The van der Waals surface area contributed by atoms with Crippen LogP contribution in [0.25, 0.3) is 0 Å². The van der Waals surface area contributed by atoms with Gasteiger partial charge < -0.3 is 5.73 Å². The molecule has 2 rings (SSSR count). The molecule has 17 heavy (non-hydrogen) atoms. The average Bonchev–Trinajstić information content (AvgIpc) is 2.36. The van der Waals surface area contributed by atoms with Gasteiger partial charge in [0.15, 0.2) is 0 Å². The molecular formula is C13H18BrFN2. The van der Waals surface area contributed by atoms with Gasteiger partial charge in [0.1, 0.15) is 5.82 Å². The van der Waals surface area contributed by atoms with Crippen LogP contribution in [-0.4, -0.2) is 24.5 Å². The monoisotopic (exact) mass is 300 g/mol. The summed E-state index contributed by atoms with van der Waals surface area (Å²) in [5, 5.41) is 0. The number of piperidine rings is 1. The molecule has 1 fully saturated rings. The third-order valence-corrected chi connectivity index (χ3v) is 4.35. The van der Waals surface area contributed by atoms with Crippen LogP contribution in [-0.2, 0) is 6.54 Å². The first-order valence-corrected chi connectivity index (χ1v) is 6.85. The van der Waals surface area contributed by atoms with E-state index in [9.17, 15) is 4.39 Å². The quantitative estimate of drug-likeness (QED) is 0.930. The minimum atomic E-state index is -0.181. The van der Waals surface area contributed by atoms with Crippen molar-refractivity contribution in [3.63, 3.8) is 0 Å². The number of likely N-dealkylation sites (tertiary alicyclic amines) is 1. The lowest BCUT2D eigenvalue weighted by Crippen LogP contribution is -2.35. The summed E-state index contributed by atoms with van der Waals surface area (Å²) < 4.78 is 14.0. The molecule has 0 aliphatic carbocycles. The Bertz CT molecular complexity index is 376. The largest absolute Gasteiger partial charge is 0.330 e. The van der Waals surface area contributed by atoms with Crippen LogP contribution in [0, 0.1) is 11.7 Å². The molecule has 0 radical (unpaired) electrons. The first kappa shape index (κ1) is 13.0. The van der Waals surface area contributed by atoms with Gasteiger partial charge in [-0.3, -0.25) is 4.90 Å². The summed E-state index contributed by atoms with van der Waals surface area (Å²) in [5.74, 6) is 0.488. The van der Waals surface area contributed by atoms with Gasteiger partial charge >= 0.3 is 0 Å². The minimum Gasteiger partial charge on any atom is -0.330 e. The summed E-state index contributed by atoms with van der Waals surface area (Å²) in [4.78, 5) is 2.37. The highest BCUT2D eigenvalue weighted by Crippen LogP contribution is 2.24. The van der Waals surface area contributed by atoms with E-state index in [0.29, 0.717) is 10.4 Å². The average molecular weight is 301 g/mol. The highest BCUT2D eigenvalue weighted by Gasteiger charge is 2.18. The maximum atomic E-state index is 13.4. The van der Waals surface area contributed by atoms with Crippen LogP contribution >= 0.6 is 15.9 Å². The maximum absolute atomic E-state index is 13.4. The van der Waals surface area contributed by atoms with Gasteiger partial charge in [-0.05, 0) is 66.0 Å². The Morgan fingerprint density at radius 1 is 1.35 bits per heavy atom. The Morgan fingerprint density at radius 3 is 2.71 bits per heavy atom. The minimum absolute atomic E-state index is 0.181. The van der Waals surface area contributed by atoms with E-state index in [0.717, 1.165) is 44.6 Å². The standard InChI is InChI=1S/C13H18BrFN2/c14-13-11(2-1-3-12(13)15)9-17-6-4-10(8-16)5-7-17/h1-3,10H,4-9,16H2. The van der Waals surface area contributed by atoms with Crippen molar-refractivity contribution in [2.24, 2.45) is 11.7 Å². The molecule has 1 heterocycles. The van der Waals surface area contributed by atoms with Gasteiger partial charge in [-0.15, -0.1) is 0 Å². The van der Waals surface area contributed by atoms with Gasteiger partial charge in [-0.2, -0.15) is 0 Å². The first-order chi connectivity index (χ1) is 8.20. The predicted molar refractivity (Wildman–Crippen MR) is 71.2 cm³/mol. The summed E-state index contributed by atoms with van der Waals surface area (Å²) in [7, 11) is 0. The number of nitrogens with two attached hydrogens (primary N) is 1. The molecule has 4 heteroatoms. The molecule has 0 amide bonds. The van der Waals surface area contributed by atoms with Gasteiger partial charge in [0, 0.05) is 6.54 Å². The van der Waals surface area contributed by atoms with Crippen molar-refractivity contribution in [1.29, 1.82) is 0 Å². The van der Waals surface area contributed by atoms with Crippen LogP contribution in [0.5, 0.6) is 0 Å². The molecule has 1 saturated heterocycles. The number of benzene rings is 1. The maximum Gasteiger partial charge on any atom is 0.137 e. The first-order valence-electron chi connectivity index (χ1n) is 6.06. The van der Waals surface area contributed by atoms with Gasteiger partial charge in [0.25, 0.3) is 0 Å². The molecule has 2 nitrogen and oxygen atoms in total. The molecule has 94 valence electrons. The zero-order valence-corrected chi connectivity index (χ0v) is 11.4. The lowest BCUT2D eigenvalue weighted by atomic mass is 9.97. The zero-order chi connectivity index (χ0) is 12.3. The molecule has 1 aromatic rings. The van der Waals surface area contributed by atoms with Crippen molar-refractivity contribution in [3.8, 4) is 0 Å². The lowest BCUT2D eigenvalue weighted by molar-refractivity contribution is 0.180. The number of halogens is 2. The number of hydrogen-bond acceptors (Lipinski definition) is 2. The van der Waals surface area contributed by atoms with Crippen molar-refractivity contribution in [3.05, 3.63) is 34.1 Å². The molecule has 0 unspecified atom stereocenters. The second-order valence-electron chi connectivity index (χ2n) is 4.67. The Morgan fingerprint density at radius 2 is 2.06 bits per heavy atom. The van der Waals surface area contributed by atoms with E-state index in [4.69, 9.17) is 5.73 Å². The van der Waals surface area contributed by atoms with Crippen molar-refractivity contribution in [2.75, 3.05) is 19.6 Å². The topological polar surface area (TPSA) is 29.3 Å². The Labute approximate surface area is 110 Å². The van der Waals surface area contributed by atoms with Crippen LogP contribution in [0.15, 0.2) is 22.7 Å². The SMILES string of the molecule is NCC1CCN(Cc2cccc(F)c2Br)CC1. The Kier molecular flexibility index (Phi) is 4.54. The number of nitrogens with zero attached hydrogens (tertiary/aromatic N) is 1. The van der Waals surface area contributed by atoms with E-state index in [2.05, 4.69) is 20.8 Å². The fourth-order valence-corrected chi connectivity index (χ4v) is 2.68.